The molecule has 6 heteroatoms. The molecular weight excluding hydrogens is 396 g/mol. The maximum absolute atomic E-state index is 12.7. The lowest BCUT2D eigenvalue weighted by Gasteiger charge is -2.22. The summed E-state index contributed by atoms with van der Waals surface area (Å²) in [5.74, 6) is 0.877. The van der Waals surface area contributed by atoms with Crippen molar-refractivity contribution in [1.82, 2.24) is 9.71 Å². The SMILES string of the molecule is Cc1cc([C@@H](C)N[S@@](=O)C(C)(C)C)c2oc3c4c(cnc3c2c1)OCC41CCCC1. The van der Waals surface area contributed by atoms with Crippen molar-refractivity contribution in [1.29, 1.82) is 0 Å². The zero-order valence-electron chi connectivity index (χ0n) is 18.4. The van der Waals surface area contributed by atoms with E-state index >= 15 is 0 Å². The van der Waals surface area contributed by atoms with Crippen LogP contribution in [0.4, 0.5) is 0 Å². The number of aryl methyl sites for hydroxylation is 1. The fourth-order valence-corrected chi connectivity index (χ4v) is 5.83. The van der Waals surface area contributed by atoms with E-state index in [2.05, 4.69) is 23.8 Å². The van der Waals surface area contributed by atoms with E-state index in [0.29, 0.717) is 0 Å². The van der Waals surface area contributed by atoms with Gasteiger partial charge in [-0.2, -0.15) is 0 Å². The number of aromatic nitrogens is 1. The highest BCUT2D eigenvalue weighted by Gasteiger charge is 2.45. The van der Waals surface area contributed by atoms with Gasteiger partial charge in [-0.1, -0.05) is 18.9 Å². The Bertz CT molecular complexity index is 1170. The van der Waals surface area contributed by atoms with Gasteiger partial charge in [-0.25, -0.2) is 13.9 Å². The van der Waals surface area contributed by atoms with Gasteiger partial charge in [0.15, 0.2) is 5.58 Å². The topological polar surface area (TPSA) is 64.4 Å². The second-order valence-corrected chi connectivity index (χ2v) is 12.0. The predicted octanol–water partition coefficient (Wildman–Crippen LogP) is 5.61. The summed E-state index contributed by atoms with van der Waals surface area (Å²) < 4.78 is 28.3. The molecule has 30 heavy (non-hydrogen) atoms. The third kappa shape index (κ3) is 2.99. The number of pyridine rings is 1. The van der Waals surface area contributed by atoms with Crippen molar-refractivity contribution in [2.45, 2.75) is 76.5 Å². The first-order valence-electron chi connectivity index (χ1n) is 10.9. The van der Waals surface area contributed by atoms with Gasteiger partial charge in [0.2, 0.25) is 0 Å². The van der Waals surface area contributed by atoms with Crippen LogP contribution in [0.5, 0.6) is 5.75 Å². The lowest BCUT2D eigenvalue weighted by molar-refractivity contribution is 0.267. The van der Waals surface area contributed by atoms with Crippen molar-refractivity contribution in [3.05, 3.63) is 35.0 Å². The number of furan rings is 1. The first-order chi connectivity index (χ1) is 14.2. The molecule has 5 nitrogen and oxygen atoms in total. The zero-order chi connectivity index (χ0) is 21.3. The lowest BCUT2D eigenvalue weighted by Crippen LogP contribution is -2.34. The minimum Gasteiger partial charge on any atom is -0.491 e. The number of nitrogens with zero attached hydrogens (tertiary/aromatic N) is 1. The van der Waals surface area contributed by atoms with Crippen LogP contribution in [-0.2, 0) is 16.4 Å². The summed E-state index contributed by atoms with van der Waals surface area (Å²) in [6.07, 6.45) is 6.63. The van der Waals surface area contributed by atoms with Crippen LogP contribution >= 0.6 is 0 Å². The Morgan fingerprint density at radius 1 is 1.20 bits per heavy atom. The van der Waals surface area contributed by atoms with Gasteiger partial charge in [0.1, 0.15) is 16.8 Å². The Balaban J connectivity index is 1.69. The monoisotopic (exact) mass is 426 g/mol. The smallest absolute Gasteiger partial charge is 0.161 e. The number of hydrogen-bond acceptors (Lipinski definition) is 4. The molecule has 0 amide bonds. The van der Waals surface area contributed by atoms with Crippen molar-refractivity contribution in [3.63, 3.8) is 0 Å². The van der Waals surface area contributed by atoms with E-state index in [-0.39, 0.29) is 16.2 Å². The molecule has 1 fully saturated rings. The Labute approximate surface area is 180 Å². The zero-order valence-corrected chi connectivity index (χ0v) is 19.2. The van der Waals surface area contributed by atoms with Gasteiger partial charge in [0, 0.05) is 22.4 Å². The number of fused-ring (bicyclic) bond motifs is 6. The number of hydrogen-bond donors (Lipinski definition) is 1. The van der Waals surface area contributed by atoms with Crippen molar-refractivity contribution in [2.24, 2.45) is 0 Å². The van der Waals surface area contributed by atoms with Crippen molar-refractivity contribution in [2.75, 3.05) is 6.61 Å². The van der Waals surface area contributed by atoms with E-state index in [4.69, 9.17) is 14.1 Å². The summed E-state index contributed by atoms with van der Waals surface area (Å²) in [5.41, 5.74) is 6.06. The molecule has 1 aliphatic heterocycles. The fraction of sp³-hybridized carbons (Fsp3) is 0.542. The van der Waals surface area contributed by atoms with Crippen LogP contribution in [0.1, 0.15) is 76.1 Å². The van der Waals surface area contributed by atoms with E-state index in [9.17, 15) is 4.21 Å². The molecule has 3 aromatic rings. The standard InChI is InChI=1S/C24H30N2O3S/c1-14-10-16(15(2)26-30(27)23(3,4)5)21-17(11-14)20-22(29-21)19-18(12-25-20)28-13-24(19)8-6-7-9-24/h10-12,15,26H,6-9,13H2,1-5H3/t15-,30+/m1/s1. The van der Waals surface area contributed by atoms with E-state index in [0.717, 1.165) is 58.4 Å². The summed E-state index contributed by atoms with van der Waals surface area (Å²) in [4.78, 5) is 4.74. The molecule has 1 saturated carbocycles. The van der Waals surface area contributed by atoms with Crippen molar-refractivity contribution < 1.29 is 13.4 Å². The minimum atomic E-state index is -1.17. The third-order valence-corrected chi connectivity index (χ3v) is 8.30. The second kappa shape index (κ2) is 6.79. The van der Waals surface area contributed by atoms with E-state index in [1.165, 1.54) is 18.4 Å². The Morgan fingerprint density at radius 2 is 1.93 bits per heavy atom. The van der Waals surface area contributed by atoms with Gasteiger partial charge >= 0.3 is 0 Å². The quantitative estimate of drug-likeness (QED) is 0.591. The molecule has 1 aromatic carbocycles. The maximum Gasteiger partial charge on any atom is 0.161 e. The van der Waals surface area contributed by atoms with Gasteiger partial charge < -0.3 is 9.15 Å². The molecule has 0 unspecified atom stereocenters. The van der Waals surface area contributed by atoms with Gasteiger partial charge in [-0.15, -0.1) is 0 Å². The van der Waals surface area contributed by atoms with Crippen LogP contribution in [0.15, 0.2) is 22.7 Å². The molecule has 0 radical (unpaired) electrons. The van der Waals surface area contributed by atoms with Crippen LogP contribution in [0.2, 0.25) is 0 Å². The number of nitrogens with one attached hydrogen (secondary N) is 1. The van der Waals surface area contributed by atoms with Gasteiger partial charge in [-0.3, -0.25) is 0 Å². The van der Waals surface area contributed by atoms with Crippen LogP contribution in [-0.4, -0.2) is 20.5 Å². The van der Waals surface area contributed by atoms with Gasteiger partial charge in [-0.05, 0) is 59.1 Å². The Kier molecular flexibility index (Phi) is 4.53. The van der Waals surface area contributed by atoms with Crippen LogP contribution < -0.4 is 9.46 Å². The van der Waals surface area contributed by atoms with Gasteiger partial charge in [0.05, 0.1) is 34.1 Å². The van der Waals surface area contributed by atoms with E-state index in [1.54, 1.807) is 0 Å². The highest BCUT2D eigenvalue weighted by Crippen LogP contribution is 2.52. The molecular formula is C24H30N2O3S. The Morgan fingerprint density at radius 3 is 2.63 bits per heavy atom. The molecule has 1 spiro atoms. The fourth-order valence-electron chi connectivity index (χ4n) is 5.03. The molecule has 5 rings (SSSR count). The third-order valence-electron chi connectivity index (χ3n) is 6.62. The highest BCUT2D eigenvalue weighted by molar-refractivity contribution is 7.84. The van der Waals surface area contributed by atoms with Gasteiger partial charge in [0.25, 0.3) is 0 Å². The van der Waals surface area contributed by atoms with Crippen molar-refractivity contribution >= 4 is 33.1 Å². The van der Waals surface area contributed by atoms with E-state index < -0.39 is 11.0 Å². The first-order valence-corrected chi connectivity index (χ1v) is 12.0. The number of rotatable bonds is 3. The molecule has 2 atom stereocenters. The molecule has 0 saturated heterocycles. The lowest BCUT2D eigenvalue weighted by atomic mass is 9.81. The Hall–Kier alpha value is -1.92. The molecule has 1 N–H and O–H groups in total. The summed E-state index contributed by atoms with van der Waals surface area (Å²) in [7, 11) is -1.17. The molecule has 3 heterocycles. The molecule has 2 aliphatic rings. The second-order valence-electron chi connectivity index (χ2n) is 10.0. The molecule has 0 bridgehead atoms. The van der Waals surface area contributed by atoms with Crippen LogP contribution in [0.25, 0.3) is 22.1 Å². The number of benzene rings is 1. The molecule has 160 valence electrons. The summed E-state index contributed by atoms with van der Waals surface area (Å²) >= 11 is 0. The minimum absolute atomic E-state index is 0.0667. The van der Waals surface area contributed by atoms with Crippen molar-refractivity contribution in [3.8, 4) is 5.75 Å². The van der Waals surface area contributed by atoms with E-state index in [1.807, 2.05) is 33.9 Å². The summed E-state index contributed by atoms with van der Waals surface area (Å²) in [6.45, 7) is 10.8. The van der Waals surface area contributed by atoms with Crippen LogP contribution in [0.3, 0.4) is 0 Å². The average molecular weight is 427 g/mol. The van der Waals surface area contributed by atoms with Crippen LogP contribution in [0, 0.1) is 6.92 Å². The molecule has 1 aliphatic carbocycles. The maximum atomic E-state index is 12.7. The summed E-state index contributed by atoms with van der Waals surface area (Å²) in [5, 5.41) is 1.03. The molecule has 2 aromatic heterocycles. The summed E-state index contributed by atoms with van der Waals surface area (Å²) in [6, 6.07) is 4.16. The number of ether oxygens (including phenoxy) is 1. The first kappa shape index (κ1) is 20.0. The predicted molar refractivity (Wildman–Crippen MR) is 121 cm³/mol. The largest absolute Gasteiger partial charge is 0.491 e. The average Bonchev–Trinajstić information content (AvgIpc) is 3.38. The normalized spacial score (nSPS) is 20.0. The highest BCUT2D eigenvalue weighted by atomic mass is 32.2.